The molecule has 228 valence electrons. The van der Waals surface area contributed by atoms with Crippen molar-refractivity contribution in [1.29, 1.82) is 0 Å². The number of amides is 1. The van der Waals surface area contributed by atoms with Crippen LogP contribution in [0.2, 0.25) is 5.02 Å². The molecule has 1 aliphatic rings. The Hall–Kier alpha value is -3.41. The van der Waals surface area contributed by atoms with Gasteiger partial charge in [-0.25, -0.2) is 9.37 Å². The van der Waals surface area contributed by atoms with Crippen molar-refractivity contribution in [2.24, 2.45) is 5.73 Å². The molecule has 3 aromatic rings. The summed E-state index contributed by atoms with van der Waals surface area (Å²) in [7, 11) is 2.89. The third-order valence-electron chi connectivity index (χ3n) is 6.56. The zero-order chi connectivity index (χ0) is 31.1. The fraction of sp³-hybridized carbons (Fsp3) is 0.400. The third-order valence-corrected chi connectivity index (χ3v) is 6.85. The number of carbonyl (C=O) groups excluding carboxylic acids is 1. The second-order valence-corrected chi connectivity index (χ2v) is 10.1. The molecule has 1 heterocycles. The molecule has 42 heavy (non-hydrogen) atoms. The summed E-state index contributed by atoms with van der Waals surface area (Å²) in [6.07, 6.45) is -1.43. The summed E-state index contributed by atoms with van der Waals surface area (Å²) < 4.78 is 68.0. The molecule has 0 radical (unpaired) electrons. The minimum Gasteiger partial charge on any atom is -0.493 e. The number of nitrogens with two attached hydrogens (primary N) is 1. The van der Waals surface area contributed by atoms with E-state index in [1.54, 1.807) is 6.07 Å². The molecule has 0 bridgehead atoms. The van der Waals surface area contributed by atoms with Gasteiger partial charge in [-0.05, 0) is 86.8 Å². The molecule has 1 aliphatic carbocycles. The molecule has 1 aromatic heterocycles. The van der Waals surface area contributed by atoms with Gasteiger partial charge in [0.15, 0.2) is 11.5 Å². The first-order valence-corrected chi connectivity index (χ1v) is 13.8. The number of aryl methyl sites for hydroxylation is 1. The van der Waals surface area contributed by atoms with E-state index in [0.29, 0.717) is 24.2 Å². The van der Waals surface area contributed by atoms with Gasteiger partial charge in [0.2, 0.25) is 5.60 Å². The number of pyridine rings is 1. The fourth-order valence-electron chi connectivity index (χ4n) is 4.05. The molecular formula is C30H34ClF4N3O4. The number of aliphatic hydroxyl groups is 1. The van der Waals surface area contributed by atoms with Gasteiger partial charge in [-0.3, -0.25) is 4.79 Å². The standard InChI is InChI=1S/C29H29ClF4N2O4.CH5N/c1-3-4-5-17-12-23(18-6-10-22(31)21(30)14-18)36-26(13-17)28(38,29(32,33)34)16-35-27(37)19-7-11-24(25(15-19)39-2)40-20-8-9-20;1-2/h6-7,10-15,20,38H,3-5,8-9,16H2,1-2H3,(H,35,37);2H2,1H3. The molecule has 2 aromatic carbocycles. The van der Waals surface area contributed by atoms with Crippen molar-refractivity contribution in [2.75, 3.05) is 20.7 Å². The van der Waals surface area contributed by atoms with Gasteiger partial charge in [-0.15, -0.1) is 0 Å². The first-order valence-electron chi connectivity index (χ1n) is 13.4. The highest BCUT2D eigenvalue weighted by Crippen LogP contribution is 2.40. The highest BCUT2D eigenvalue weighted by molar-refractivity contribution is 6.31. The van der Waals surface area contributed by atoms with Crippen molar-refractivity contribution in [2.45, 2.75) is 56.9 Å². The second-order valence-electron chi connectivity index (χ2n) is 9.70. The maximum absolute atomic E-state index is 14.4. The monoisotopic (exact) mass is 611 g/mol. The Kier molecular flexibility index (Phi) is 11.2. The van der Waals surface area contributed by atoms with Gasteiger partial charge in [-0.1, -0.05) is 24.9 Å². The molecule has 1 atom stereocenters. The first kappa shape index (κ1) is 33.1. The number of halogens is 5. The number of ether oxygens (including phenoxy) is 2. The summed E-state index contributed by atoms with van der Waals surface area (Å²) in [5.41, 5.74) is 1.15. The number of hydrogen-bond acceptors (Lipinski definition) is 6. The van der Waals surface area contributed by atoms with E-state index < -0.39 is 35.7 Å². The number of aromatic nitrogens is 1. The summed E-state index contributed by atoms with van der Waals surface area (Å²) in [4.78, 5) is 17.0. The molecule has 0 aliphatic heterocycles. The van der Waals surface area contributed by atoms with Crippen LogP contribution in [0.25, 0.3) is 11.3 Å². The van der Waals surface area contributed by atoms with Crippen LogP contribution < -0.4 is 20.5 Å². The summed E-state index contributed by atoms with van der Waals surface area (Å²) >= 11 is 5.89. The molecule has 7 nitrogen and oxygen atoms in total. The lowest BCUT2D eigenvalue weighted by Gasteiger charge is -2.31. The van der Waals surface area contributed by atoms with Crippen LogP contribution in [0, 0.1) is 5.82 Å². The van der Waals surface area contributed by atoms with Crippen LogP contribution in [0.15, 0.2) is 48.5 Å². The Morgan fingerprint density at radius 3 is 2.43 bits per heavy atom. The molecule has 4 rings (SSSR count). The largest absolute Gasteiger partial charge is 0.493 e. The van der Waals surface area contributed by atoms with Crippen LogP contribution in [-0.4, -0.2) is 49.0 Å². The van der Waals surface area contributed by atoms with E-state index in [1.807, 2.05) is 6.92 Å². The van der Waals surface area contributed by atoms with E-state index in [-0.39, 0.29) is 33.7 Å². The predicted molar refractivity (Wildman–Crippen MR) is 152 cm³/mol. The number of nitrogens with zero attached hydrogens (tertiary/aromatic N) is 1. The molecule has 4 N–H and O–H groups in total. The molecule has 1 amide bonds. The number of hydrogen-bond donors (Lipinski definition) is 3. The van der Waals surface area contributed by atoms with E-state index in [1.165, 1.54) is 50.6 Å². The summed E-state index contributed by atoms with van der Waals surface area (Å²) in [6, 6.07) is 10.7. The van der Waals surface area contributed by atoms with Gasteiger partial charge in [0.1, 0.15) is 5.82 Å². The number of alkyl halides is 3. The van der Waals surface area contributed by atoms with Crippen LogP contribution in [-0.2, 0) is 12.0 Å². The number of unbranched alkanes of at least 4 members (excludes halogenated alkanes) is 1. The number of nitrogens with one attached hydrogen (secondary N) is 1. The van der Waals surface area contributed by atoms with Crippen LogP contribution in [0.5, 0.6) is 11.5 Å². The van der Waals surface area contributed by atoms with Crippen molar-refractivity contribution in [3.05, 3.63) is 76.2 Å². The normalized spacial score (nSPS) is 14.3. The molecule has 1 unspecified atom stereocenters. The van der Waals surface area contributed by atoms with Gasteiger partial charge in [0.05, 0.1) is 36.2 Å². The van der Waals surface area contributed by atoms with Gasteiger partial charge in [0, 0.05) is 11.1 Å². The van der Waals surface area contributed by atoms with Gasteiger partial charge < -0.3 is 25.6 Å². The topological polar surface area (TPSA) is 107 Å². The lowest BCUT2D eigenvalue weighted by Crippen LogP contribution is -2.51. The number of benzene rings is 2. The summed E-state index contributed by atoms with van der Waals surface area (Å²) in [5, 5.41) is 13.0. The lowest BCUT2D eigenvalue weighted by molar-refractivity contribution is -0.265. The minimum atomic E-state index is -5.20. The Morgan fingerprint density at radius 2 is 1.83 bits per heavy atom. The molecule has 12 heteroatoms. The third kappa shape index (κ3) is 7.90. The molecule has 0 saturated heterocycles. The summed E-state index contributed by atoms with van der Waals surface area (Å²) in [5.74, 6) is -0.855. The maximum Gasteiger partial charge on any atom is 0.424 e. The van der Waals surface area contributed by atoms with Gasteiger partial charge in [-0.2, -0.15) is 13.2 Å². The highest BCUT2D eigenvalue weighted by Gasteiger charge is 2.56. The Balaban J connectivity index is 0.00000237. The van der Waals surface area contributed by atoms with Crippen LogP contribution in [0.3, 0.4) is 0 Å². The number of carbonyl (C=O) groups is 1. The molecular weight excluding hydrogens is 578 g/mol. The Bertz CT molecular complexity index is 1390. The average molecular weight is 612 g/mol. The fourth-order valence-corrected chi connectivity index (χ4v) is 4.23. The Labute approximate surface area is 247 Å². The second kappa shape index (κ2) is 14.2. The molecule has 0 spiro atoms. The van der Waals surface area contributed by atoms with E-state index >= 15 is 0 Å². The van der Waals surface area contributed by atoms with Gasteiger partial charge in [0.25, 0.3) is 5.91 Å². The maximum atomic E-state index is 14.4. The van der Waals surface area contributed by atoms with Crippen molar-refractivity contribution >= 4 is 17.5 Å². The van der Waals surface area contributed by atoms with E-state index in [4.69, 9.17) is 21.1 Å². The smallest absolute Gasteiger partial charge is 0.424 e. The van der Waals surface area contributed by atoms with Crippen LogP contribution in [0.4, 0.5) is 17.6 Å². The quantitative estimate of drug-likeness (QED) is 0.223. The van der Waals surface area contributed by atoms with Crippen molar-refractivity contribution in [3.8, 4) is 22.8 Å². The van der Waals surface area contributed by atoms with E-state index in [9.17, 15) is 27.5 Å². The zero-order valence-corrected chi connectivity index (χ0v) is 24.3. The van der Waals surface area contributed by atoms with Crippen LogP contribution in [0.1, 0.15) is 54.2 Å². The van der Waals surface area contributed by atoms with Crippen molar-refractivity contribution in [3.63, 3.8) is 0 Å². The highest BCUT2D eigenvalue weighted by atomic mass is 35.5. The predicted octanol–water partition coefficient (Wildman–Crippen LogP) is 6.19. The number of rotatable bonds is 11. The summed E-state index contributed by atoms with van der Waals surface area (Å²) in [6.45, 7) is 0.732. The van der Waals surface area contributed by atoms with Crippen molar-refractivity contribution < 1.29 is 36.9 Å². The van der Waals surface area contributed by atoms with E-state index in [2.05, 4.69) is 16.0 Å². The van der Waals surface area contributed by atoms with Crippen LogP contribution >= 0.6 is 11.6 Å². The Morgan fingerprint density at radius 1 is 1.12 bits per heavy atom. The van der Waals surface area contributed by atoms with Crippen molar-refractivity contribution in [1.82, 2.24) is 10.3 Å². The minimum absolute atomic E-state index is 0.0239. The number of methoxy groups -OCH3 is 1. The van der Waals surface area contributed by atoms with Gasteiger partial charge >= 0.3 is 6.18 Å². The molecule has 1 fully saturated rings. The first-order chi connectivity index (χ1) is 19.9. The average Bonchev–Trinajstić information content (AvgIpc) is 3.80. The molecule has 1 saturated carbocycles. The SMILES string of the molecule is CCCCc1cc(-c2ccc(F)c(Cl)c2)nc(C(O)(CNC(=O)c2ccc(OC3CC3)c(OC)c2)C(F)(F)F)c1.CN. The lowest BCUT2D eigenvalue weighted by atomic mass is 9.94. The van der Waals surface area contributed by atoms with E-state index in [0.717, 1.165) is 25.3 Å². The zero-order valence-electron chi connectivity index (χ0n) is 23.5.